The number of carbonyl (C=O) groups is 1. The maximum Gasteiger partial charge on any atom is 0.238 e. The second kappa shape index (κ2) is 5.24. The Bertz CT molecular complexity index is 806. The van der Waals surface area contributed by atoms with Gasteiger partial charge in [-0.1, -0.05) is 11.6 Å². The van der Waals surface area contributed by atoms with Crippen molar-refractivity contribution in [3.8, 4) is 5.75 Å². The summed E-state index contributed by atoms with van der Waals surface area (Å²) in [4.78, 5) is 12.9. The van der Waals surface area contributed by atoms with Crippen molar-refractivity contribution >= 4 is 55.6 Å². The molecule has 0 radical (unpaired) electrons. The molecule has 6 heteroatoms. The van der Waals surface area contributed by atoms with Gasteiger partial charge < -0.3 is 9.15 Å². The van der Waals surface area contributed by atoms with Crippen LogP contribution in [0.25, 0.3) is 11.0 Å². The third-order valence-electron chi connectivity index (χ3n) is 2.79. The van der Waals surface area contributed by atoms with E-state index in [4.69, 9.17) is 20.8 Å². The van der Waals surface area contributed by atoms with Crippen molar-refractivity contribution in [3.63, 3.8) is 0 Å². The molecule has 3 aromatic rings. The fourth-order valence-corrected chi connectivity index (χ4v) is 3.45. The Hall–Kier alpha value is -1.30. The van der Waals surface area contributed by atoms with Crippen LogP contribution in [0.1, 0.15) is 15.4 Å². The molecule has 3 nitrogen and oxygen atoms in total. The molecule has 0 aliphatic rings. The number of ether oxygens (including phenoxy) is 1. The number of halogens is 2. The highest BCUT2D eigenvalue weighted by Gasteiger charge is 2.18. The van der Waals surface area contributed by atoms with Gasteiger partial charge in [-0.3, -0.25) is 4.79 Å². The van der Waals surface area contributed by atoms with E-state index in [1.54, 1.807) is 24.3 Å². The third kappa shape index (κ3) is 2.37. The first-order chi connectivity index (χ1) is 9.58. The minimum atomic E-state index is -0.157. The molecule has 0 unspecified atom stereocenters. The van der Waals surface area contributed by atoms with Gasteiger partial charge in [0, 0.05) is 16.5 Å². The van der Waals surface area contributed by atoms with Crippen LogP contribution in [-0.2, 0) is 0 Å². The average Bonchev–Trinajstić information content (AvgIpc) is 3.02. The molecule has 0 saturated carbocycles. The molecule has 0 aliphatic heterocycles. The highest BCUT2D eigenvalue weighted by atomic mass is 79.9. The zero-order valence-electron chi connectivity index (χ0n) is 10.3. The number of hydrogen-bond acceptors (Lipinski definition) is 4. The molecule has 1 aromatic carbocycles. The first-order valence-corrected chi connectivity index (χ1v) is 7.64. The van der Waals surface area contributed by atoms with Crippen LogP contribution >= 0.6 is 38.9 Å². The van der Waals surface area contributed by atoms with Crippen LogP contribution in [0.4, 0.5) is 0 Å². The van der Waals surface area contributed by atoms with E-state index in [0.29, 0.717) is 21.2 Å². The second-order valence-electron chi connectivity index (χ2n) is 4.07. The quantitative estimate of drug-likeness (QED) is 0.598. The molecule has 20 heavy (non-hydrogen) atoms. The van der Waals surface area contributed by atoms with Gasteiger partial charge in [0.1, 0.15) is 0 Å². The van der Waals surface area contributed by atoms with E-state index in [9.17, 15) is 4.79 Å². The number of methoxy groups -OCH3 is 1. The minimum absolute atomic E-state index is 0.157. The molecular formula is C14H8BrClO3S. The van der Waals surface area contributed by atoms with Gasteiger partial charge in [0.05, 0.1) is 15.8 Å². The summed E-state index contributed by atoms with van der Waals surface area (Å²) in [5, 5.41) is 1.28. The SMILES string of the molecule is COc1cc(Cl)cc2cc(C(=O)c3ccc(Br)s3)oc12. The Kier molecular flexibility index (Phi) is 3.58. The zero-order chi connectivity index (χ0) is 14.3. The van der Waals surface area contributed by atoms with E-state index >= 15 is 0 Å². The standard InChI is InChI=1S/C14H8BrClO3S/c1-18-10-6-8(16)4-7-5-9(19-14(7)10)13(17)11-2-3-12(15)20-11/h2-6H,1H3. The average molecular weight is 372 g/mol. The molecule has 102 valence electrons. The number of thiophene rings is 1. The van der Waals surface area contributed by atoms with Crippen LogP contribution in [0.5, 0.6) is 5.75 Å². The molecule has 0 bridgehead atoms. The molecule has 0 fully saturated rings. The smallest absolute Gasteiger partial charge is 0.238 e. The van der Waals surface area contributed by atoms with Crippen molar-refractivity contribution in [1.29, 1.82) is 0 Å². The minimum Gasteiger partial charge on any atom is -0.493 e. The van der Waals surface area contributed by atoms with Gasteiger partial charge in [0.2, 0.25) is 5.78 Å². The summed E-state index contributed by atoms with van der Waals surface area (Å²) < 4.78 is 11.7. The molecule has 2 heterocycles. The summed E-state index contributed by atoms with van der Waals surface area (Å²) in [5.74, 6) is 0.629. The highest BCUT2D eigenvalue weighted by molar-refractivity contribution is 9.11. The summed E-state index contributed by atoms with van der Waals surface area (Å²) in [6, 6.07) is 8.67. The number of benzene rings is 1. The first-order valence-electron chi connectivity index (χ1n) is 5.65. The number of fused-ring (bicyclic) bond motifs is 1. The van der Waals surface area contributed by atoms with Gasteiger partial charge in [-0.25, -0.2) is 0 Å². The summed E-state index contributed by atoms with van der Waals surface area (Å²) in [7, 11) is 1.53. The zero-order valence-corrected chi connectivity index (χ0v) is 13.4. The Labute approximate surface area is 132 Å². The number of rotatable bonds is 3. The molecule has 0 amide bonds. The number of hydrogen-bond donors (Lipinski definition) is 0. The third-order valence-corrected chi connectivity index (χ3v) is 4.63. The van der Waals surface area contributed by atoms with Crippen molar-refractivity contribution in [2.45, 2.75) is 0 Å². The van der Waals surface area contributed by atoms with Gasteiger partial charge in [-0.15, -0.1) is 11.3 Å². The Balaban J connectivity index is 2.11. The topological polar surface area (TPSA) is 39.4 Å². The predicted molar refractivity (Wildman–Crippen MR) is 83.2 cm³/mol. The largest absolute Gasteiger partial charge is 0.493 e. The van der Waals surface area contributed by atoms with Gasteiger partial charge in [0.25, 0.3) is 0 Å². The van der Waals surface area contributed by atoms with Crippen LogP contribution in [0.3, 0.4) is 0 Å². The Morgan fingerprint density at radius 3 is 2.80 bits per heavy atom. The second-order valence-corrected chi connectivity index (χ2v) is 6.97. The van der Waals surface area contributed by atoms with Crippen LogP contribution in [0.2, 0.25) is 5.02 Å². The van der Waals surface area contributed by atoms with Crippen LogP contribution in [0.15, 0.2) is 38.5 Å². The van der Waals surface area contributed by atoms with Gasteiger partial charge >= 0.3 is 0 Å². The van der Waals surface area contributed by atoms with Crippen LogP contribution < -0.4 is 4.74 Å². The lowest BCUT2D eigenvalue weighted by Crippen LogP contribution is -1.95. The highest BCUT2D eigenvalue weighted by Crippen LogP contribution is 2.34. The molecule has 3 rings (SSSR count). The van der Waals surface area contributed by atoms with E-state index in [1.807, 2.05) is 6.07 Å². The van der Waals surface area contributed by atoms with E-state index in [-0.39, 0.29) is 11.5 Å². The predicted octanol–water partition coefficient (Wildman–Crippen LogP) is 5.15. The van der Waals surface area contributed by atoms with Crippen LogP contribution in [0, 0.1) is 0 Å². The number of ketones is 1. The van der Waals surface area contributed by atoms with E-state index in [0.717, 1.165) is 9.17 Å². The van der Waals surface area contributed by atoms with Gasteiger partial charge in [-0.2, -0.15) is 0 Å². The fraction of sp³-hybridized carbons (Fsp3) is 0.0714. The Morgan fingerprint density at radius 1 is 1.35 bits per heavy atom. The fourth-order valence-electron chi connectivity index (χ4n) is 1.91. The molecule has 0 N–H and O–H groups in total. The van der Waals surface area contributed by atoms with E-state index < -0.39 is 0 Å². The van der Waals surface area contributed by atoms with E-state index in [2.05, 4.69) is 15.9 Å². The normalized spacial score (nSPS) is 10.9. The molecule has 0 spiro atoms. The van der Waals surface area contributed by atoms with E-state index in [1.165, 1.54) is 18.4 Å². The van der Waals surface area contributed by atoms with Crippen molar-refractivity contribution in [3.05, 3.63) is 49.8 Å². The van der Waals surface area contributed by atoms with Crippen LogP contribution in [-0.4, -0.2) is 12.9 Å². The van der Waals surface area contributed by atoms with Crippen molar-refractivity contribution in [2.75, 3.05) is 7.11 Å². The number of carbonyl (C=O) groups excluding carboxylic acids is 1. The summed E-state index contributed by atoms with van der Waals surface area (Å²) in [5.41, 5.74) is 0.524. The summed E-state index contributed by atoms with van der Waals surface area (Å²) in [6.45, 7) is 0. The van der Waals surface area contributed by atoms with Crippen molar-refractivity contribution in [1.82, 2.24) is 0 Å². The van der Waals surface area contributed by atoms with Crippen molar-refractivity contribution < 1.29 is 13.9 Å². The first kappa shape index (κ1) is 13.7. The van der Waals surface area contributed by atoms with Crippen molar-refractivity contribution in [2.24, 2.45) is 0 Å². The maximum atomic E-state index is 12.3. The lowest BCUT2D eigenvalue weighted by molar-refractivity contribution is 0.101. The molecule has 2 aromatic heterocycles. The van der Waals surface area contributed by atoms with Gasteiger partial charge in [0.15, 0.2) is 17.1 Å². The monoisotopic (exact) mass is 370 g/mol. The lowest BCUT2D eigenvalue weighted by Gasteiger charge is -2.00. The lowest BCUT2D eigenvalue weighted by atomic mass is 10.2. The Morgan fingerprint density at radius 2 is 2.15 bits per heavy atom. The molecular weight excluding hydrogens is 364 g/mol. The van der Waals surface area contributed by atoms with Gasteiger partial charge in [-0.05, 0) is 40.2 Å². The summed E-state index contributed by atoms with van der Waals surface area (Å²) >= 11 is 10.7. The number of furan rings is 1. The summed E-state index contributed by atoms with van der Waals surface area (Å²) in [6.07, 6.45) is 0. The maximum absolute atomic E-state index is 12.3. The molecule has 0 aliphatic carbocycles. The molecule has 0 atom stereocenters. The molecule has 0 saturated heterocycles.